The predicted octanol–water partition coefficient (Wildman–Crippen LogP) is 3.25. The van der Waals surface area contributed by atoms with Crippen LogP contribution >= 0.6 is 0 Å². The maximum atomic E-state index is 12.8. The van der Waals surface area contributed by atoms with Gasteiger partial charge in [0, 0.05) is 31.0 Å². The van der Waals surface area contributed by atoms with Crippen LogP contribution in [0.15, 0.2) is 30.3 Å². The summed E-state index contributed by atoms with van der Waals surface area (Å²) in [6.07, 6.45) is 2.45. The number of hydrogen-bond acceptors (Lipinski definition) is 6. The van der Waals surface area contributed by atoms with Gasteiger partial charge in [-0.2, -0.15) is 0 Å². The summed E-state index contributed by atoms with van der Waals surface area (Å²) in [5, 5.41) is 9.39. The summed E-state index contributed by atoms with van der Waals surface area (Å²) in [4.78, 5) is 15.0. The number of rotatable bonds is 6. The molecule has 2 heterocycles. The van der Waals surface area contributed by atoms with E-state index < -0.39 is 0 Å². The molecule has 148 valence electrons. The number of hydrogen-bond donors (Lipinski definition) is 1. The first-order valence-corrected chi connectivity index (χ1v) is 9.56. The Morgan fingerprint density at radius 3 is 2.82 bits per heavy atom. The van der Waals surface area contributed by atoms with Crippen LogP contribution in [0.2, 0.25) is 0 Å². The third-order valence-corrected chi connectivity index (χ3v) is 5.60. The molecule has 28 heavy (non-hydrogen) atoms. The molecular weight excluding hydrogens is 358 g/mol. The first kappa shape index (κ1) is 18.6. The minimum absolute atomic E-state index is 0.0412. The Morgan fingerprint density at radius 2 is 2.07 bits per heavy atom. The Hall–Kier alpha value is -2.73. The molecular formula is C22H25NO5. The molecule has 1 N–H and O–H groups in total. The van der Waals surface area contributed by atoms with Crippen molar-refractivity contribution in [1.82, 2.24) is 4.90 Å². The van der Waals surface area contributed by atoms with Crippen molar-refractivity contribution in [1.29, 1.82) is 0 Å². The number of ether oxygens (including phenoxy) is 3. The van der Waals surface area contributed by atoms with E-state index in [1.165, 1.54) is 0 Å². The highest BCUT2D eigenvalue weighted by atomic mass is 16.7. The third-order valence-electron chi connectivity index (χ3n) is 5.60. The van der Waals surface area contributed by atoms with Crippen molar-refractivity contribution in [3.05, 3.63) is 47.0 Å². The van der Waals surface area contributed by atoms with E-state index in [4.69, 9.17) is 14.2 Å². The zero-order valence-electron chi connectivity index (χ0n) is 16.2. The van der Waals surface area contributed by atoms with Gasteiger partial charge in [-0.15, -0.1) is 0 Å². The molecule has 0 aromatic heterocycles. The number of benzene rings is 2. The Morgan fingerprint density at radius 1 is 1.29 bits per heavy atom. The molecule has 0 bridgehead atoms. The van der Waals surface area contributed by atoms with Crippen molar-refractivity contribution in [2.45, 2.75) is 31.7 Å². The van der Waals surface area contributed by atoms with Crippen LogP contribution in [-0.2, 0) is 17.6 Å². The highest BCUT2D eigenvalue weighted by molar-refractivity contribution is 5.80. The zero-order valence-corrected chi connectivity index (χ0v) is 16.2. The summed E-state index contributed by atoms with van der Waals surface area (Å²) >= 11 is 0. The highest BCUT2D eigenvalue weighted by Crippen LogP contribution is 2.50. The van der Waals surface area contributed by atoms with Crippen LogP contribution in [0, 0.1) is 0 Å². The average Bonchev–Trinajstić information content (AvgIpc) is 3.16. The molecule has 0 radical (unpaired) electrons. The number of phenolic OH excluding ortho intramolecular Hbond substituents is 1. The summed E-state index contributed by atoms with van der Waals surface area (Å²) in [6.45, 7) is 1.08. The molecule has 6 nitrogen and oxygen atoms in total. The first-order chi connectivity index (χ1) is 13.6. The Kier molecular flexibility index (Phi) is 5.13. The minimum atomic E-state index is -0.0412. The minimum Gasteiger partial charge on any atom is -0.508 e. The van der Waals surface area contributed by atoms with Gasteiger partial charge in [0.25, 0.3) is 0 Å². The van der Waals surface area contributed by atoms with E-state index in [2.05, 4.69) is 4.90 Å². The quantitative estimate of drug-likeness (QED) is 0.826. The molecule has 4 rings (SSSR count). The molecule has 0 unspecified atom stereocenters. The lowest BCUT2D eigenvalue weighted by Crippen LogP contribution is -2.34. The summed E-state index contributed by atoms with van der Waals surface area (Å²) < 4.78 is 16.9. The molecule has 0 saturated carbocycles. The topological polar surface area (TPSA) is 68.2 Å². The van der Waals surface area contributed by atoms with Crippen LogP contribution in [0.1, 0.15) is 35.6 Å². The van der Waals surface area contributed by atoms with Crippen molar-refractivity contribution in [3.8, 4) is 23.0 Å². The number of ketones is 1. The third kappa shape index (κ3) is 3.52. The SMILES string of the molecule is COc1c2c(cc3c1[C@@H](CC(=O)CCc1ccc(O)cc1)N(C)CC3)OCO2. The Balaban J connectivity index is 1.53. The molecule has 0 fully saturated rings. The van der Waals surface area contributed by atoms with E-state index >= 15 is 0 Å². The van der Waals surface area contributed by atoms with E-state index in [9.17, 15) is 9.90 Å². The van der Waals surface area contributed by atoms with Gasteiger partial charge in [0.15, 0.2) is 11.5 Å². The molecule has 0 aliphatic carbocycles. The molecule has 2 aliphatic rings. The number of Topliss-reactive ketones (excluding diaryl/α,β-unsaturated/α-hetero) is 1. The molecule has 0 amide bonds. The van der Waals surface area contributed by atoms with Gasteiger partial charge in [0.2, 0.25) is 12.5 Å². The van der Waals surface area contributed by atoms with Crippen molar-refractivity contribution < 1.29 is 24.1 Å². The number of aromatic hydroxyl groups is 1. The second kappa shape index (κ2) is 7.72. The van der Waals surface area contributed by atoms with Gasteiger partial charge in [0.1, 0.15) is 11.5 Å². The molecule has 1 atom stereocenters. The van der Waals surface area contributed by atoms with Gasteiger partial charge < -0.3 is 19.3 Å². The summed E-state index contributed by atoms with van der Waals surface area (Å²) in [6, 6.07) is 9.00. The standard InChI is InChI=1S/C22H25NO5/c1-23-10-9-15-11-19-21(28-13-27-19)22(26-2)20(15)18(23)12-17(25)8-5-14-3-6-16(24)7-4-14/h3-4,6-7,11,18,24H,5,8-10,12-13H2,1-2H3/t18-/m1/s1. The van der Waals surface area contributed by atoms with Crippen LogP contribution in [0.4, 0.5) is 0 Å². The van der Waals surface area contributed by atoms with Crippen molar-refractivity contribution >= 4 is 5.78 Å². The molecule has 6 heteroatoms. The fraction of sp³-hybridized carbons (Fsp3) is 0.409. The number of likely N-dealkylation sites (N-methyl/N-ethyl adjacent to an activating group) is 1. The van der Waals surface area contributed by atoms with Crippen LogP contribution in [0.5, 0.6) is 23.0 Å². The molecule has 0 saturated heterocycles. The summed E-state index contributed by atoms with van der Waals surface area (Å²) in [5.41, 5.74) is 3.25. The van der Waals surface area contributed by atoms with Crippen LogP contribution in [-0.4, -0.2) is 43.3 Å². The van der Waals surface area contributed by atoms with Gasteiger partial charge in [0.05, 0.1) is 7.11 Å². The number of carbonyl (C=O) groups is 1. The van der Waals surface area contributed by atoms with Crippen LogP contribution in [0.25, 0.3) is 0 Å². The molecule has 0 spiro atoms. The second-order valence-electron chi connectivity index (χ2n) is 7.37. The lowest BCUT2D eigenvalue weighted by atomic mass is 9.87. The van der Waals surface area contributed by atoms with E-state index in [0.29, 0.717) is 30.8 Å². The Bertz CT molecular complexity index is 877. The summed E-state index contributed by atoms with van der Waals surface area (Å²) in [7, 11) is 3.68. The van der Waals surface area contributed by atoms with Crippen LogP contribution in [0.3, 0.4) is 0 Å². The number of fused-ring (bicyclic) bond motifs is 2. The van der Waals surface area contributed by atoms with Crippen molar-refractivity contribution in [2.24, 2.45) is 0 Å². The number of phenols is 1. The normalized spacial score (nSPS) is 18.0. The number of nitrogens with zero attached hydrogens (tertiary/aromatic N) is 1. The lowest BCUT2D eigenvalue weighted by Gasteiger charge is -2.35. The van der Waals surface area contributed by atoms with Crippen LogP contribution < -0.4 is 14.2 Å². The second-order valence-corrected chi connectivity index (χ2v) is 7.37. The van der Waals surface area contributed by atoms with E-state index in [1.54, 1.807) is 19.2 Å². The molecule has 2 aliphatic heterocycles. The average molecular weight is 383 g/mol. The molecule has 2 aromatic carbocycles. The first-order valence-electron chi connectivity index (χ1n) is 9.56. The largest absolute Gasteiger partial charge is 0.508 e. The van der Waals surface area contributed by atoms with E-state index in [0.717, 1.165) is 35.4 Å². The number of aryl methyl sites for hydroxylation is 1. The number of carbonyl (C=O) groups excluding carboxylic acids is 1. The van der Waals surface area contributed by atoms with Crippen molar-refractivity contribution in [3.63, 3.8) is 0 Å². The predicted molar refractivity (Wildman–Crippen MR) is 104 cm³/mol. The Labute approximate surface area is 164 Å². The van der Waals surface area contributed by atoms with Gasteiger partial charge in [-0.1, -0.05) is 12.1 Å². The van der Waals surface area contributed by atoms with Gasteiger partial charge in [-0.05, 0) is 49.2 Å². The maximum absolute atomic E-state index is 12.8. The van der Waals surface area contributed by atoms with Crippen molar-refractivity contribution in [2.75, 3.05) is 27.5 Å². The van der Waals surface area contributed by atoms with E-state index in [-0.39, 0.29) is 24.4 Å². The smallest absolute Gasteiger partial charge is 0.231 e. The monoisotopic (exact) mass is 383 g/mol. The molecule has 2 aromatic rings. The maximum Gasteiger partial charge on any atom is 0.231 e. The number of methoxy groups -OCH3 is 1. The highest BCUT2D eigenvalue weighted by Gasteiger charge is 2.34. The van der Waals surface area contributed by atoms with Gasteiger partial charge >= 0.3 is 0 Å². The van der Waals surface area contributed by atoms with E-state index in [1.807, 2.05) is 25.2 Å². The van der Waals surface area contributed by atoms with Gasteiger partial charge in [-0.25, -0.2) is 0 Å². The lowest BCUT2D eigenvalue weighted by molar-refractivity contribution is -0.120. The fourth-order valence-corrected chi connectivity index (χ4v) is 4.05. The fourth-order valence-electron chi connectivity index (χ4n) is 4.05. The zero-order chi connectivity index (χ0) is 19.7. The summed E-state index contributed by atoms with van der Waals surface area (Å²) in [5.74, 6) is 2.49. The van der Waals surface area contributed by atoms with Gasteiger partial charge in [-0.3, -0.25) is 9.69 Å².